The number of nitrogens with zero attached hydrogens (tertiary/aromatic N) is 3. The molecule has 4 saturated carbocycles. The first-order valence-electron chi connectivity index (χ1n) is 11.8. The molecule has 0 aromatic rings. The molecule has 5 rings (SSSR count). The van der Waals surface area contributed by atoms with Crippen LogP contribution in [0.25, 0.3) is 10.4 Å². The maximum Gasteiger partial charge on any atom is 0.163 e. The molecule has 5 fully saturated rings. The molecule has 4 unspecified atom stereocenters. The molecule has 29 heavy (non-hydrogen) atoms. The van der Waals surface area contributed by atoms with Gasteiger partial charge in [0, 0.05) is 11.0 Å². The second kappa shape index (κ2) is 6.48. The molecule has 0 spiro atoms. The van der Waals surface area contributed by atoms with Gasteiger partial charge in [0.05, 0.1) is 12.2 Å². The molecule has 5 heteroatoms. The first-order chi connectivity index (χ1) is 13.7. The van der Waals surface area contributed by atoms with E-state index in [1.165, 1.54) is 25.7 Å². The molecular weight excluding hydrogens is 362 g/mol. The minimum Gasteiger partial charge on any atom is -0.344 e. The van der Waals surface area contributed by atoms with Crippen LogP contribution in [-0.2, 0) is 9.47 Å². The van der Waals surface area contributed by atoms with Gasteiger partial charge in [0.25, 0.3) is 0 Å². The molecule has 9 atom stereocenters. The monoisotopic (exact) mass is 399 g/mol. The van der Waals surface area contributed by atoms with Crippen molar-refractivity contribution in [3.8, 4) is 0 Å². The van der Waals surface area contributed by atoms with E-state index < -0.39 is 5.79 Å². The molecule has 0 N–H and O–H groups in total. The highest BCUT2D eigenvalue weighted by molar-refractivity contribution is 5.25. The van der Waals surface area contributed by atoms with E-state index in [1.807, 2.05) is 0 Å². The minimum atomic E-state index is -0.521. The van der Waals surface area contributed by atoms with Gasteiger partial charge in [0.1, 0.15) is 0 Å². The van der Waals surface area contributed by atoms with E-state index in [2.05, 4.69) is 50.7 Å². The molecule has 0 amide bonds. The molecule has 0 aromatic heterocycles. The van der Waals surface area contributed by atoms with Gasteiger partial charge in [-0.25, -0.2) is 0 Å². The Hall–Kier alpha value is -1.03. The lowest BCUT2D eigenvalue weighted by Gasteiger charge is -2.63. The normalized spacial score (nSPS) is 54.1. The van der Waals surface area contributed by atoms with Gasteiger partial charge in [-0.05, 0) is 106 Å². The number of azide groups is 1. The number of hydrogen-bond donors (Lipinski definition) is 0. The van der Waals surface area contributed by atoms with Crippen molar-refractivity contribution >= 4 is 0 Å². The fourth-order valence-electron chi connectivity index (χ4n) is 8.66. The van der Waals surface area contributed by atoms with Crippen molar-refractivity contribution in [2.24, 2.45) is 39.6 Å². The highest BCUT2D eigenvalue weighted by Gasteiger charge is 2.67. The molecule has 5 nitrogen and oxygen atoms in total. The molecule has 1 saturated heterocycles. The average molecular weight is 400 g/mol. The molecule has 1 heterocycles. The van der Waals surface area contributed by atoms with Crippen molar-refractivity contribution < 1.29 is 9.47 Å². The fraction of sp³-hybridized carbons (Fsp3) is 0.917. The van der Waals surface area contributed by atoms with E-state index in [0.717, 1.165) is 19.3 Å². The molecule has 4 aliphatic carbocycles. The van der Waals surface area contributed by atoms with Crippen LogP contribution in [0.4, 0.5) is 0 Å². The molecule has 0 radical (unpaired) electrons. The van der Waals surface area contributed by atoms with Crippen LogP contribution >= 0.6 is 0 Å². The molecule has 0 aromatic carbocycles. The Morgan fingerprint density at radius 1 is 1.00 bits per heavy atom. The maximum absolute atomic E-state index is 9.01. The summed E-state index contributed by atoms with van der Waals surface area (Å²) in [7, 11) is 0. The highest BCUT2D eigenvalue weighted by Crippen LogP contribution is 2.69. The number of hydrogen-bond acceptors (Lipinski definition) is 3. The van der Waals surface area contributed by atoms with E-state index in [0.29, 0.717) is 29.1 Å². The SMILES string of the molecule is C/C=C1/CCC2C3C(CC[C@]12C)[C@@]1(C)CC[C@@H](N=[N+]=[N-])CC1[C@H]1OC(C)(C)O[C@H]31. The third-order valence-corrected chi connectivity index (χ3v) is 9.92. The van der Waals surface area contributed by atoms with Crippen LogP contribution < -0.4 is 0 Å². The summed E-state index contributed by atoms with van der Waals surface area (Å²) in [4.78, 5) is 3.13. The van der Waals surface area contributed by atoms with E-state index >= 15 is 0 Å². The topological polar surface area (TPSA) is 67.2 Å². The van der Waals surface area contributed by atoms with E-state index in [1.54, 1.807) is 5.57 Å². The summed E-state index contributed by atoms with van der Waals surface area (Å²) in [6.07, 6.45) is 11.0. The third-order valence-electron chi connectivity index (χ3n) is 9.92. The Labute approximate surface area is 175 Å². The zero-order valence-electron chi connectivity index (χ0n) is 18.7. The Kier molecular flexibility index (Phi) is 4.45. The first kappa shape index (κ1) is 19.9. The quantitative estimate of drug-likeness (QED) is 0.222. The second-order valence-corrected chi connectivity index (χ2v) is 11.4. The van der Waals surface area contributed by atoms with Crippen LogP contribution in [0.2, 0.25) is 0 Å². The van der Waals surface area contributed by atoms with Crippen LogP contribution in [0.5, 0.6) is 0 Å². The Bertz CT molecular complexity index is 772. The Morgan fingerprint density at radius 3 is 2.48 bits per heavy atom. The number of fused-ring (bicyclic) bond motifs is 8. The van der Waals surface area contributed by atoms with Crippen LogP contribution in [0.1, 0.15) is 79.6 Å². The van der Waals surface area contributed by atoms with E-state index in [-0.39, 0.29) is 23.7 Å². The van der Waals surface area contributed by atoms with Crippen LogP contribution in [-0.4, -0.2) is 24.0 Å². The van der Waals surface area contributed by atoms with Gasteiger partial charge in [0.2, 0.25) is 0 Å². The summed E-state index contributed by atoms with van der Waals surface area (Å²) in [5.41, 5.74) is 11.3. The van der Waals surface area contributed by atoms with Crippen molar-refractivity contribution in [3.05, 3.63) is 22.1 Å². The Morgan fingerprint density at radius 2 is 1.76 bits per heavy atom. The van der Waals surface area contributed by atoms with Gasteiger partial charge >= 0.3 is 0 Å². The minimum absolute atomic E-state index is 0.109. The fourth-order valence-corrected chi connectivity index (χ4v) is 8.66. The Balaban J connectivity index is 1.57. The summed E-state index contributed by atoms with van der Waals surface area (Å²) in [5, 5.41) is 4.12. The summed E-state index contributed by atoms with van der Waals surface area (Å²) in [6.45, 7) is 11.4. The zero-order chi connectivity index (χ0) is 20.6. The summed E-state index contributed by atoms with van der Waals surface area (Å²) in [5.74, 6) is 1.87. The highest BCUT2D eigenvalue weighted by atomic mass is 16.8. The van der Waals surface area contributed by atoms with Gasteiger partial charge < -0.3 is 9.47 Å². The second-order valence-electron chi connectivity index (χ2n) is 11.4. The predicted octanol–water partition coefficient (Wildman–Crippen LogP) is 6.39. The lowest BCUT2D eigenvalue weighted by Crippen LogP contribution is -2.63. The van der Waals surface area contributed by atoms with Crippen LogP contribution in [0.3, 0.4) is 0 Å². The average Bonchev–Trinajstić information content (AvgIpc) is 3.18. The molecule has 1 aliphatic heterocycles. The van der Waals surface area contributed by atoms with Crippen LogP contribution in [0, 0.1) is 34.5 Å². The number of ether oxygens (including phenoxy) is 2. The maximum atomic E-state index is 9.01. The largest absolute Gasteiger partial charge is 0.344 e. The number of allylic oxidation sites excluding steroid dienone is 2. The van der Waals surface area contributed by atoms with Crippen LogP contribution in [0.15, 0.2) is 16.8 Å². The van der Waals surface area contributed by atoms with Crippen molar-refractivity contribution in [2.75, 3.05) is 0 Å². The zero-order valence-corrected chi connectivity index (χ0v) is 18.7. The molecule has 0 bridgehead atoms. The van der Waals surface area contributed by atoms with Gasteiger partial charge in [0.15, 0.2) is 5.79 Å². The van der Waals surface area contributed by atoms with Gasteiger partial charge in [-0.2, -0.15) is 0 Å². The summed E-state index contributed by atoms with van der Waals surface area (Å²) >= 11 is 0. The van der Waals surface area contributed by atoms with Crippen molar-refractivity contribution in [3.63, 3.8) is 0 Å². The van der Waals surface area contributed by atoms with Crippen molar-refractivity contribution in [1.82, 2.24) is 0 Å². The molecular formula is C24H37N3O2. The smallest absolute Gasteiger partial charge is 0.163 e. The van der Waals surface area contributed by atoms with Gasteiger partial charge in [-0.1, -0.05) is 30.6 Å². The lowest BCUT2D eigenvalue weighted by atomic mass is 9.43. The lowest BCUT2D eigenvalue weighted by molar-refractivity contribution is -0.173. The summed E-state index contributed by atoms with van der Waals surface area (Å²) < 4.78 is 13.3. The summed E-state index contributed by atoms with van der Waals surface area (Å²) in [6, 6.07) is 0.109. The molecule has 5 aliphatic rings. The van der Waals surface area contributed by atoms with E-state index in [9.17, 15) is 0 Å². The standard InChI is InChI=1S/C24H37N3O2/c1-6-14-7-8-16-19-17(10-12-23(14,16)4)24(5)11-9-15(26-27-25)13-18(24)20-21(19)29-22(2,3)28-20/h6,15-21H,7-13H2,1-5H3/b14-6-/t15-,16?,17?,18?,19?,20-,21-,23-,24-/m1/s1. The number of rotatable bonds is 1. The van der Waals surface area contributed by atoms with Crippen molar-refractivity contribution in [2.45, 2.75) is 104 Å². The third kappa shape index (κ3) is 2.70. The van der Waals surface area contributed by atoms with Gasteiger partial charge in [-0.15, -0.1) is 0 Å². The first-order valence-corrected chi connectivity index (χ1v) is 11.8. The van der Waals surface area contributed by atoms with Gasteiger partial charge in [-0.3, -0.25) is 0 Å². The van der Waals surface area contributed by atoms with E-state index in [4.69, 9.17) is 15.0 Å². The van der Waals surface area contributed by atoms with Crippen molar-refractivity contribution in [1.29, 1.82) is 0 Å². The predicted molar refractivity (Wildman–Crippen MR) is 113 cm³/mol. The molecule has 160 valence electrons.